The molecule has 8 heteroatoms. The van der Waals surface area contributed by atoms with Crippen molar-refractivity contribution in [2.24, 2.45) is 0 Å². The summed E-state index contributed by atoms with van der Waals surface area (Å²) in [5.74, 6) is 1.68. The number of aryl methyl sites for hydroxylation is 1. The molecule has 0 fully saturated rings. The Balaban J connectivity index is 1.29. The summed E-state index contributed by atoms with van der Waals surface area (Å²) < 4.78 is 12.6. The minimum atomic E-state index is -0.188. The Morgan fingerprint density at radius 2 is 1.85 bits per heavy atom. The summed E-state index contributed by atoms with van der Waals surface area (Å²) in [5, 5.41) is 5.85. The first-order valence-electron chi connectivity index (χ1n) is 11.1. The predicted molar refractivity (Wildman–Crippen MR) is 128 cm³/mol. The summed E-state index contributed by atoms with van der Waals surface area (Å²) in [4.78, 5) is 30.1. The van der Waals surface area contributed by atoms with E-state index in [-0.39, 0.29) is 25.2 Å². The van der Waals surface area contributed by atoms with Crippen molar-refractivity contribution in [2.45, 2.75) is 19.9 Å². The molecule has 2 heterocycles. The highest BCUT2D eigenvalue weighted by atomic mass is 16.7. The summed E-state index contributed by atoms with van der Waals surface area (Å²) in [6.07, 6.45) is 0.490. The van der Waals surface area contributed by atoms with E-state index in [2.05, 4.69) is 10.6 Å². The third kappa shape index (κ3) is 4.56. The smallest absolute Gasteiger partial charge is 0.251 e. The van der Waals surface area contributed by atoms with E-state index in [1.165, 1.54) is 0 Å². The molecule has 4 aromatic rings. The molecule has 0 atom stereocenters. The zero-order valence-corrected chi connectivity index (χ0v) is 18.7. The number of para-hydroxylation sites is 2. The predicted octanol–water partition coefficient (Wildman–Crippen LogP) is 3.68. The molecule has 2 N–H and O–H groups in total. The monoisotopic (exact) mass is 456 g/mol. The average molecular weight is 457 g/mol. The second-order valence-electron chi connectivity index (χ2n) is 8.09. The van der Waals surface area contributed by atoms with E-state index in [1.54, 1.807) is 24.3 Å². The number of nitrogens with zero attached hydrogens (tertiary/aromatic N) is 2. The molecular formula is C26H24N4O4. The maximum absolute atomic E-state index is 12.9. The summed E-state index contributed by atoms with van der Waals surface area (Å²) in [7, 11) is 0. The molecule has 34 heavy (non-hydrogen) atoms. The summed E-state index contributed by atoms with van der Waals surface area (Å²) in [6.45, 7) is 2.63. The molecule has 0 bridgehead atoms. The zero-order valence-electron chi connectivity index (χ0n) is 18.7. The second kappa shape index (κ2) is 9.27. The van der Waals surface area contributed by atoms with E-state index >= 15 is 0 Å². The van der Waals surface area contributed by atoms with Crippen LogP contribution in [-0.2, 0) is 17.8 Å². The number of hydrogen-bond acceptors (Lipinski definition) is 5. The molecule has 0 unspecified atom stereocenters. The number of ether oxygens (including phenoxy) is 2. The number of aromatic nitrogens is 2. The van der Waals surface area contributed by atoms with Crippen molar-refractivity contribution in [3.05, 3.63) is 83.7 Å². The normalized spacial score (nSPS) is 12.0. The van der Waals surface area contributed by atoms with Crippen molar-refractivity contribution in [3.8, 4) is 11.5 Å². The molecule has 0 spiro atoms. The van der Waals surface area contributed by atoms with Gasteiger partial charge in [-0.3, -0.25) is 9.59 Å². The number of carbonyl (C=O) groups is 2. The van der Waals surface area contributed by atoms with Gasteiger partial charge in [-0.15, -0.1) is 0 Å². The largest absolute Gasteiger partial charge is 0.454 e. The number of rotatable bonds is 7. The average Bonchev–Trinajstić information content (AvgIpc) is 3.43. The van der Waals surface area contributed by atoms with Gasteiger partial charge in [-0.1, -0.05) is 29.8 Å². The van der Waals surface area contributed by atoms with Crippen molar-refractivity contribution < 1.29 is 19.1 Å². The fourth-order valence-electron chi connectivity index (χ4n) is 3.99. The lowest BCUT2D eigenvalue weighted by atomic mass is 10.1. The number of carbonyl (C=O) groups excluding carboxylic acids is 2. The van der Waals surface area contributed by atoms with Crippen molar-refractivity contribution in [1.82, 2.24) is 14.9 Å². The Hall–Kier alpha value is -4.33. The second-order valence-corrected chi connectivity index (χ2v) is 8.09. The molecular weight excluding hydrogens is 432 g/mol. The minimum Gasteiger partial charge on any atom is -0.454 e. The SMILES string of the molecule is Cc1cccc(C(=O)NCCc2nc3ccccc3n2CC(=O)Nc2ccc3c(c2)OCO3)c1. The van der Waals surface area contributed by atoms with Crippen molar-refractivity contribution >= 4 is 28.5 Å². The van der Waals surface area contributed by atoms with Gasteiger partial charge in [0.2, 0.25) is 12.7 Å². The molecule has 1 aliphatic heterocycles. The van der Waals surface area contributed by atoms with Crippen LogP contribution in [0.5, 0.6) is 11.5 Å². The first kappa shape index (κ1) is 21.5. The molecule has 2 amide bonds. The van der Waals surface area contributed by atoms with Gasteiger partial charge < -0.3 is 24.7 Å². The molecule has 5 rings (SSSR count). The Morgan fingerprint density at radius 3 is 2.74 bits per heavy atom. The molecule has 0 saturated heterocycles. The van der Waals surface area contributed by atoms with E-state index in [0.717, 1.165) is 22.4 Å². The Morgan fingerprint density at radius 1 is 1.00 bits per heavy atom. The summed E-state index contributed by atoms with van der Waals surface area (Å²) in [6, 6.07) is 20.4. The van der Waals surface area contributed by atoms with E-state index in [0.29, 0.717) is 35.7 Å². The van der Waals surface area contributed by atoms with E-state index in [1.807, 2.05) is 54.0 Å². The van der Waals surface area contributed by atoms with Crippen LogP contribution in [0.2, 0.25) is 0 Å². The summed E-state index contributed by atoms with van der Waals surface area (Å²) >= 11 is 0. The van der Waals surface area contributed by atoms with E-state index in [4.69, 9.17) is 14.5 Å². The van der Waals surface area contributed by atoms with Crippen LogP contribution in [0.15, 0.2) is 66.7 Å². The maximum Gasteiger partial charge on any atom is 0.251 e. The van der Waals surface area contributed by atoms with Gasteiger partial charge in [-0.25, -0.2) is 4.98 Å². The van der Waals surface area contributed by atoms with Crippen molar-refractivity contribution in [2.75, 3.05) is 18.7 Å². The molecule has 0 aliphatic carbocycles. The highest BCUT2D eigenvalue weighted by molar-refractivity contribution is 5.94. The Kier molecular flexibility index (Phi) is 5.86. The fraction of sp³-hybridized carbons (Fsp3) is 0.192. The Bertz CT molecular complexity index is 1380. The Labute approximate surface area is 196 Å². The van der Waals surface area contributed by atoms with Crippen LogP contribution in [0.4, 0.5) is 5.69 Å². The number of imidazole rings is 1. The van der Waals surface area contributed by atoms with Crippen molar-refractivity contribution in [3.63, 3.8) is 0 Å². The van der Waals surface area contributed by atoms with Gasteiger partial charge in [0.25, 0.3) is 5.91 Å². The number of anilines is 1. The topological polar surface area (TPSA) is 94.5 Å². The van der Waals surface area contributed by atoms with Gasteiger partial charge in [0, 0.05) is 30.3 Å². The highest BCUT2D eigenvalue weighted by Gasteiger charge is 2.17. The van der Waals surface area contributed by atoms with E-state index in [9.17, 15) is 9.59 Å². The molecule has 1 aromatic heterocycles. The minimum absolute atomic E-state index is 0.0934. The van der Waals surface area contributed by atoms with Crippen molar-refractivity contribution in [1.29, 1.82) is 0 Å². The van der Waals surface area contributed by atoms with Crippen LogP contribution in [0.25, 0.3) is 11.0 Å². The standard InChI is InChI=1S/C26H24N4O4/c1-17-5-4-6-18(13-17)26(32)27-12-11-24-29-20-7-2-3-8-21(20)30(24)15-25(31)28-19-9-10-22-23(14-19)34-16-33-22/h2-10,13-14H,11-12,15-16H2,1H3,(H,27,32)(H,28,31). The number of nitrogens with one attached hydrogen (secondary N) is 2. The third-order valence-electron chi connectivity index (χ3n) is 5.61. The first-order chi connectivity index (χ1) is 16.6. The molecule has 3 aromatic carbocycles. The number of benzene rings is 3. The lowest BCUT2D eigenvalue weighted by molar-refractivity contribution is -0.116. The number of fused-ring (bicyclic) bond motifs is 2. The number of hydrogen-bond donors (Lipinski definition) is 2. The molecule has 0 saturated carbocycles. The fourth-order valence-corrected chi connectivity index (χ4v) is 3.99. The lowest BCUT2D eigenvalue weighted by Gasteiger charge is -2.11. The third-order valence-corrected chi connectivity index (χ3v) is 5.61. The summed E-state index contributed by atoms with van der Waals surface area (Å²) in [5.41, 5.74) is 3.95. The molecule has 8 nitrogen and oxygen atoms in total. The first-order valence-corrected chi connectivity index (χ1v) is 11.1. The maximum atomic E-state index is 12.9. The van der Waals surface area contributed by atoms with Gasteiger partial charge in [-0.2, -0.15) is 0 Å². The highest BCUT2D eigenvalue weighted by Crippen LogP contribution is 2.34. The van der Waals surface area contributed by atoms with E-state index < -0.39 is 0 Å². The van der Waals surface area contributed by atoms with Gasteiger partial charge >= 0.3 is 0 Å². The lowest BCUT2D eigenvalue weighted by Crippen LogP contribution is -2.27. The van der Waals surface area contributed by atoms with Gasteiger partial charge in [0.1, 0.15) is 12.4 Å². The van der Waals surface area contributed by atoms with Crippen LogP contribution in [-0.4, -0.2) is 34.7 Å². The molecule has 0 radical (unpaired) electrons. The van der Waals surface area contributed by atoms with Gasteiger partial charge in [0.15, 0.2) is 11.5 Å². The number of amides is 2. The van der Waals surface area contributed by atoms with Gasteiger partial charge in [-0.05, 0) is 43.3 Å². The van der Waals surface area contributed by atoms with Crippen LogP contribution in [0.1, 0.15) is 21.7 Å². The van der Waals surface area contributed by atoms with Crippen LogP contribution in [0.3, 0.4) is 0 Å². The zero-order chi connectivity index (χ0) is 23.5. The molecule has 1 aliphatic rings. The van der Waals surface area contributed by atoms with Crippen LogP contribution < -0.4 is 20.1 Å². The molecule has 172 valence electrons. The quantitative estimate of drug-likeness (QED) is 0.442. The van der Waals surface area contributed by atoms with Crippen LogP contribution in [0, 0.1) is 6.92 Å². The van der Waals surface area contributed by atoms with Crippen LogP contribution >= 0.6 is 0 Å². The van der Waals surface area contributed by atoms with Gasteiger partial charge in [0.05, 0.1) is 11.0 Å².